The van der Waals surface area contributed by atoms with E-state index in [1.54, 1.807) is 30.3 Å². The Kier molecular flexibility index (Phi) is 12.4. The third-order valence-corrected chi connectivity index (χ3v) is 5.68. The Hall–Kier alpha value is -2.77. The molecule has 1 heterocycles. The van der Waals surface area contributed by atoms with Gasteiger partial charge in [-0.25, -0.2) is 9.59 Å². The van der Waals surface area contributed by atoms with Crippen LogP contribution in [0.5, 0.6) is 11.5 Å². The molecule has 0 spiro atoms. The molecule has 2 aromatic carbocycles. The minimum atomic E-state index is -0.407. The van der Waals surface area contributed by atoms with Gasteiger partial charge in [-0.05, 0) is 42.5 Å². The average molecular weight is 506 g/mol. The molecule has 1 aliphatic rings. The van der Waals surface area contributed by atoms with Gasteiger partial charge in [0, 0.05) is 19.6 Å². The van der Waals surface area contributed by atoms with Gasteiger partial charge in [0.05, 0.1) is 20.1 Å². The Labute approximate surface area is 213 Å². The third kappa shape index (κ3) is 9.42. The first-order valence-electron chi connectivity index (χ1n) is 11.8. The number of carbonyl (C=O) groups excluding carboxylic acids is 2. The monoisotopic (exact) mass is 505 g/mol. The maximum atomic E-state index is 11.7. The van der Waals surface area contributed by atoms with Crippen molar-refractivity contribution < 1.29 is 28.5 Å². The molecule has 2 atom stereocenters. The lowest BCUT2D eigenvalue weighted by Gasteiger charge is -2.34. The summed E-state index contributed by atoms with van der Waals surface area (Å²) < 4.78 is 20.4. The van der Waals surface area contributed by atoms with Gasteiger partial charge in [0.2, 0.25) is 0 Å². The third-order valence-electron chi connectivity index (χ3n) is 5.53. The van der Waals surface area contributed by atoms with Crippen molar-refractivity contribution in [2.24, 2.45) is 11.8 Å². The molecule has 0 bridgehead atoms. The van der Waals surface area contributed by atoms with Gasteiger partial charge >= 0.3 is 11.9 Å². The fourth-order valence-electron chi connectivity index (χ4n) is 4.15. The second-order valence-electron chi connectivity index (χ2n) is 8.57. The number of carbonyl (C=O) groups is 2. The number of hydrogen-bond donors (Lipinski definition) is 0. The molecule has 192 valence electrons. The predicted octanol–water partition coefficient (Wildman–Crippen LogP) is 4.92. The maximum Gasteiger partial charge on any atom is 0.341 e. The van der Waals surface area contributed by atoms with Gasteiger partial charge in [0.1, 0.15) is 35.8 Å². The molecule has 35 heavy (non-hydrogen) atoms. The van der Waals surface area contributed by atoms with Crippen molar-refractivity contribution in [1.29, 1.82) is 0 Å². The van der Waals surface area contributed by atoms with Crippen molar-refractivity contribution >= 4 is 23.5 Å². The predicted molar refractivity (Wildman–Crippen MR) is 137 cm³/mol. The fraction of sp³-hybridized carbons (Fsp3) is 0.481. The van der Waals surface area contributed by atoms with E-state index in [0.29, 0.717) is 41.7 Å². The van der Waals surface area contributed by atoms with E-state index >= 15 is 0 Å². The molecule has 1 aliphatic heterocycles. The lowest BCUT2D eigenvalue weighted by atomic mass is 9.92. The number of esters is 2. The average Bonchev–Trinajstić information content (AvgIpc) is 2.87. The van der Waals surface area contributed by atoms with Gasteiger partial charge in [-0.1, -0.05) is 38.1 Å². The van der Waals surface area contributed by atoms with Gasteiger partial charge in [0.25, 0.3) is 0 Å². The molecule has 0 radical (unpaired) electrons. The SMILES string of the molecule is COC(=O)c1ccccc1OCCCl.COC(=O)c1ccccc1OCCN1CC(C)CC(C)C1. The summed E-state index contributed by atoms with van der Waals surface area (Å²) in [6.45, 7) is 8.72. The highest BCUT2D eigenvalue weighted by atomic mass is 35.5. The molecular formula is C27H36ClNO6. The van der Waals surface area contributed by atoms with Gasteiger partial charge in [-0.2, -0.15) is 0 Å². The Balaban J connectivity index is 0.000000269. The van der Waals surface area contributed by atoms with E-state index in [1.165, 1.54) is 20.6 Å². The van der Waals surface area contributed by atoms with Crippen LogP contribution in [0.25, 0.3) is 0 Å². The Morgan fingerprint density at radius 1 is 0.829 bits per heavy atom. The van der Waals surface area contributed by atoms with Gasteiger partial charge in [-0.3, -0.25) is 4.90 Å². The molecule has 0 saturated carbocycles. The van der Waals surface area contributed by atoms with E-state index in [9.17, 15) is 9.59 Å². The van der Waals surface area contributed by atoms with Crippen molar-refractivity contribution in [3.63, 3.8) is 0 Å². The van der Waals surface area contributed by atoms with Crippen LogP contribution in [0.2, 0.25) is 0 Å². The maximum absolute atomic E-state index is 11.7. The first-order chi connectivity index (χ1) is 16.9. The fourth-order valence-corrected chi connectivity index (χ4v) is 4.23. The van der Waals surface area contributed by atoms with Crippen LogP contribution >= 0.6 is 11.6 Å². The van der Waals surface area contributed by atoms with Crippen LogP contribution in [0.3, 0.4) is 0 Å². The zero-order valence-corrected chi connectivity index (χ0v) is 21.8. The largest absolute Gasteiger partial charge is 0.491 e. The number of benzene rings is 2. The lowest BCUT2D eigenvalue weighted by molar-refractivity contribution is 0.0586. The normalized spacial score (nSPS) is 17.5. The molecule has 1 saturated heterocycles. The van der Waals surface area contributed by atoms with Crippen molar-refractivity contribution in [3.8, 4) is 11.5 Å². The number of nitrogens with zero attached hydrogens (tertiary/aromatic N) is 1. The van der Waals surface area contributed by atoms with Crippen molar-refractivity contribution in [1.82, 2.24) is 4.90 Å². The van der Waals surface area contributed by atoms with E-state index in [0.717, 1.165) is 31.5 Å². The number of halogens is 1. The first kappa shape index (κ1) is 28.5. The number of hydrogen-bond acceptors (Lipinski definition) is 7. The molecule has 8 heteroatoms. The Morgan fingerprint density at radius 2 is 1.29 bits per heavy atom. The summed E-state index contributed by atoms with van der Waals surface area (Å²) in [6, 6.07) is 14.1. The number of ether oxygens (including phenoxy) is 4. The van der Waals surface area contributed by atoms with Crippen LogP contribution in [0.15, 0.2) is 48.5 Å². The smallest absolute Gasteiger partial charge is 0.341 e. The van der Waals surface area contributed by atoms with Gasteiger partial charge in [0.15, 0.2) is 0 Å². The quantitative estimate of drug-likeness (QED) is 0.353. The number of alkyl halides is 1. The molecule has 0 N–H and O–H groups in total. The van der Waals surface area contributed by atoms with E-state index in [4.69, 9.17) is 25.8 Å². The zero-order chi connectivity index (χ0) is 25.6. The number of para-hydroxylation sites is 2. The van der Waals surface area contributed by atoms with Crippen LogP contribution in [0.1, 0.15) is 41.0 Å². The standard InChI is InChI=1S/C17H25NO3.C10H11ClO3/c1-13-10-14(2)12-18(11-13)8-9-21-16-7-5-4-6-15(16)17(19)20-3;1-13-10(12)8-4-2-3-5-9(8)14-7-6-11/h4-7,13-14H,8-12H2,1-3H3;2-5H,6-7H2,1H3. The highest BCUT2D eigenvalue weighted by molar-refractivity contribution is 6.18. The highest BCUT2D eigenvalue weighted by Gasteiger charge is 2.21. The Bertz CT molecular complexity index is 927. The summed E-state index contributed by atoms with van der Waals surface area (Å²) >= 11 is 5.48. The van der Waals surface area contributed by atoms with Crippen LogP contribution < -0.4 is 9.47 Å². The molecule has 0 aliphatic carbocycles. The molecule has 0 aromatic heterocycles. The minimum absolute atomic E-state index is 0.356. The molecule has 7 nitrogen and oxygen atoms in total. The first-order valence-corrected chi connectivity index (χ1v) is 12.3. The van der Waals surface area contributed by atoms with Gasteiger partial charge < -0.3 is 18.9 Å². The number of methoxy groups -OCH3 is 2. The molecular weight excluding hydrogens is 470 g/mol. The van der Waals surface area contributed by atoms with Crippen LogP contribution in [0.4, 0.5) is 0 Å². The summed E-state index contributed by atoms with van der Waals surface area (Å²) in [5.41, 5.74) is 0.903. The highest BCUT2D eigenvalue weighted by Crippen LogP contribution is 2.22. The van der Waals surface area contributed by atoms with E-state index in [2.05, 4.69) is 23.5 Å². The number of rotatable bonds is 9. The zero-order valence-electron chi connectivity index (χ0n) is 21.0. The minimum Gasteiger partial charge on any atom is -0.491 e. The van der Waals surface area contributed by atoms with E-state index in [-0.39, 0.29) is 5.97 Å². The molecule has 3 rings (SSSR count). The van der Waals surface area contributed by atoms with Gasteiger partial charge in [-0.15, -0.1) is 11.6 Å². The molecule has 1 fully saturated rings. The Morgan fingerprint density at radius 3 is 1.74 bits per heavy atom. The summed E-state index contributed by atoms with van der Waals surface area (Å²) in [7, 11) is 2.72. The van der Waals surface area contributed by atoms with Crippen molar-refractivity contribution in [2.45, 2.75) is 20.3 Å². The number of likely N-dealkylation sites (tertiary alicyclic amines) is 1. The van der Waals surface area contributed by atoms with Crippen LogP contribution in [-0.2, 0) is 9.47 Å². The second-order valence-corrected chi connectivity index (χ2v) is 8.94. The summed E-state index contributed by atoms with van der Waals surface area (Å²) in [6.07, 6.45) is 1.31. The van der Waals surface area contributed by atoms with E-state index < -0.39 is 5.97 Å². The topological polar surface area (TPSA) is 74.3 Å². The van der Waals surface area contributed by atoms with Crippen molar-refractivity contribution in [2.75, 3.05) is 52.9 Å². The summed E-state index contributed by atoms with van der Waals surface area (Å²) in [5, 5.41) is 0. The van der Waals surface area contributed by atoms with Crippen molar-refractivity contribution in [3.05, 3.63) is 59.7 Å². The second kappa shape index (κ2) is 15.3. The molecule has 2 aromatic rings. The van der Waals surface area contributed by atoms with E-state index in [1.807, 2.05) is 18.2 Å². The van der Waals surface area contributed by atoms with Crippen LogP contribution in [-0.4, -0.2) is 69.8 Å². The molecule has 2 unspecified atom stereocenters. The number of piperidine rings is 1. The molecule has 0 amide bonds. The summed E-state index contributed by atoms with van der Waals surface area (Å²) in [5.74, 6) is 2.21. The van der Waals surface area contributed by atoms with Crippen LogP contribution in [0, 0.1) is 11.8 Å². The lowest BCUT2D eigenvalue weighted by Crippen LogP contribution is -2.40. The summed E-state index contributed by atoms with van der Waals surface area (Å²) in [4.78, 5) is 25.4.